The Hall–Kier alpha value is -5.22. The number of anilines is 1. The van der Waals surface area contributed by atoms with Crippen molar-refractivity contribution in [3.63, 3.8) is 0 Å². The quantitative estimate of drug-likeness (QED) is 0.0152. The van der Waals surface area contributed by atoms with E-state index in [-0.39, 0.29) is 29.2 Å². The number of ether oxygens (including phenoxy) is 3. The molecule has 0 radical (unpaired) electrons. The minimum atomic E-state index is -0.414. The maximum atomic E-state index is 13.0. The summed E-state index contributed by atoms with van der Waals surface area (Å²) < 4.78 is 17.8. The number of hydrogen-bond donors (Lipinski definition) is 0. The number of hydrazone groups is 1. The Morgan fingerprint density at radius 3 is 2.32 bits per heavy atom. The first kappa shape index (κ1) is 46.3. The molecule has 0 bridgehead atoms. The van der Waals surface area contributed by atoms with Gasteiger partial charge in [-0.05, 0) is 151 Å². The zero-order valence-corrected chi connectivity index (χ0v) is 39.2. The molecule has 338 valence electrons. The summed E-state index contributed by atoms with van der Waals surface area (Å²) in [7, 11) is 0. The van der Waals surface area contributed by atoms with E-state index < -0.39 is 5.97 Å². The van der Waals surface area contributed by atoms with Crippen molar-refractivity contribution in [2.45, 2.75) is 107 Å². The van der Waals surface area contributed by atoms with E-state index in [2.05, 4.69) is 66.3 Å². The van der Waals surface area contributed by atoms with Crippen LogP contribution in [0.25, 0.3) is 32.1 Å². The third kappa shape index (κ3) is 12.4. The molecule has 8 nitrogen and oxygen atoms in total. The molecule has 0 amide bonds. The molecule has 3 unspecified atom stereocenters. The van der Waals surface area contributed by atoms with E-state index in [9.17, 15) is 9.59 Å². The first-order valence-corrected chi connectivity index (χ1v) is 24.8. The van der Waals surface area contributed by atoms with Gasteiger partial charge in [-0.2, -0.15) is 5.10 Å². The number of thiazole rings is 1. The molecule has 0 spiro atoms. The minimum absolute atomic E-state index is 0.000472. The Morgan fingerprint density at radius 1 is 0.815 bits per heavy atom. The molecule has 6 aromatic rings. The van der Waals surface area contributed by atoms with Crippen molar-refractivity contribution < 1.29 is 23.8 Å². The standard InChI is InChI=1S/C54H57Cl2N3O5S/c1-2-52(60)63-33-11-10-32-62-42-25-18-37(19-26-42)22-31-53(61)64-43-27-23-39(24-28-43)47-35-40(44(45-14-6-7-15-46(45)47)29-20-38-21-30-48(55)49(56)34-38)36-57-59(41-12-4-3-5-13-41)54-58-50-16-8-9-17-51(50)65-54/h2,6-9,14-19,23-28,35-36,38,41,48-49H,1,3-5,10-13,20-22,29-34H2/b57-36+. The zero-order chi connectivity index (χ0) is 45.0. The van der Waals surface area contributed by atoms with Gasteiger partial charge < -0.3 is 14.2 Å². The van der Waals surface area contributed by atoms with Crippen molar-refractivity contribution in [2.24, 2.45) is 11.0 Å². The van der Waals surface area contributed by atoms with Crippen LogP contribution in [0, 0.1) is 5.92 Å². The average molecular weight is 931 g/mol. The topological polar surface area (TPSA) is 90.3 Å². The van der Waals surface area contributed by atoms with Crippen molar-refractivity contribution in [3.8, 4) is 22.6 Å². The van der Waals surface area contributed by atoms with Crippen molar-refractivity contribution in [1.29, 1.82) is 0 Å². The van der Waals surface area contributed by atoms with Gasteiger partial charge in [0.15, 0.2) is 0 Å². The van der Waals surface area contributed by atoms with Gasteiger partial charge in [0.25, 0.3) is 0 Å². The van der Waals surface area contributed by atoms with Crippen molar-refractivity contribution in [3.05, 3.63) is 132 Å². The summed E-state index contributed by atoms with van der Waals surface area (Å²) in [5, 5.41) is 10.9. The second kappa shape index (κ2) is 22.8. The number of hydrogen-bond acceptors (Lipinski definition) is 9. The van der Waals surface area contributed by atoms with E-state index in [0.717, 1.165) is 101 Å². The van der Waals surface area contributed by atoms with Crippen LogP contribution in [0.15, 0.2) is 121 Å². The van der Waals surface area contributed by atoms with Gasteiger partial charge in [-0.3, -0.25) is 4.79 Å². The predicted octanol–water partition coefficient (Wildman–Crippen LogP) is 13.7. The lowest BCUT2D eigenvalue weighted by Gasteiger charge is -2.30. The van der Waals surface area contributed by atoms with Crippen molar-refractivity contribution in [2.75, 3.05) is 18.2 Å². The molecule has 1 aromatic heterocycles. The summed E-state index contributed by atoms with van der Waals surface area (Å²) in [6.07, 6.45) is 16.2. The molecule has 2 fully saturated rings. The smallest absolute Gasteiger partial charge is 0.330 e. The SMILES string of the molecule is C=CC(=O)OCCCCOc1ccc(CCC(=O)Oc2ccc(-c3cc(/C=N/N(c4nc5ccccc5s4)C4CCCCC4)c(CCC4CCC(Cl)C(Cl)C4)c4ccccc34)cc2)cc1. The zero-order valence-electron chi connectivity index (χ0n) is 36.8. The second-order valence-electron chi connectivity index (χ2n) is 17.2. The Labute approximate surface area is 396 Å². The predicted molar refractivity (Wildman–Crippen MR) is 267 cm³/mol. The number of carbonyl (C=O) groups excluding carboxylic acids is 2. The van der Waals surface area contributed by atoms with Crippen molar-refractivity contribution >= 4 is 78.8 Å². The van der Waals surface area contributed by atoms with Crippen LogP contribution in [0.2, 0.25) is 0 Å². The number of halogens is 2. The van der Waals surface area contributed by atoms with Crippen LogP contribution in [-0.4, -0.2) is 53.1 Å². The molecule has 5 aromatic carbocycles. The summed E-state index contributed by atoms with van der Waals surface area (Å²) in [5.74, 6) is 1.06. The molecule has 2 aliphatic rings. The van der Waals surface area contributed by atoms with E-state index in [1.807, 2.05) is 54.6 Å². The molecular formula is C54H57Cl2N3O5S. The minimum Gasteiger partial charge on any atom is -0.494 e. The Bertz CT molecular complexity index is 2540. The number of aryl methyl sites for hydroxylation is 2. The van der Waals surface area contributed by atoms with Gasteiger partial charge in [-0.1, -0.05) is 97.8 Å². The van der Waals surface area contributed by atoms with Crippen LogP contribution in [-0.2, 0) is 27.2 Å². The maximum absolute atomic E-state index is 13.0. The van der Waals surface area contributed by atoms with Crippen molar-refractivity contribution in [1.82, 2.24) is 4.98 Å². The highest BCUT2D eigenvalue weighted by molar-refractivity contribution is 7.22. The highest BCUT2D eigenvalue weighted by Gasteiger charge is 2.28. The number of carbonyl (C=O) groups is 2. The molecule has 11 heteroatoms. The van der Waals surface area contributed by atoms with Crippen LogP contribution < -0.4 is 14.5 Å². The van der Waals surface area contributed by atoms with Gasteiger partial charge in [0, 0.05) is 17.9 Å². The lowest BCUT2D eigenvalue weighted by Crippen LogP contribution is -2.32. The molecule has 1 heterocycles. The monoisotopic (exact) mass is 929 g/mol. The van der Waals surface area contributed by atoms with Crippen LogP contribution >= 0.6 is 34.5 Å². The van der Waals surface area contributed by atoms with Gasteiger partial charge in [-0.15, -0.1) is 23.2 Å². The number of para-hydroxylation sites is 1. The first-order valence-electron chi connectivity index (χ1n) is 23.1. The number of esters is 2. The fraction of sp³-hybridized carbons (Fsp3) is 0.370. The van der Waals surface area contributed by atoms with Crippen LogP contribution in [0.3, 0.4) is 0 Å². The number of fused-ring (bicyclic) bond motifs is 2. The molecule has 65 heavy (non-hydrogen) atoms. The third-order valence-corrected chi connectivity index (χ3v) is 14.8. The lowest BCUT2D eigenvalue weighted by molar-refractivity contribution is -0.138. The van der Waals surface area contributed by atoms with Gasteiger partial charge in [-0.25, -0.2) is 14.8 Å². The number of nitrogens with zero attached hydrogens (tertiary/aromatic N) is 3. The molecular weight excluding hydrogens is 874 g/mol. The second-order valence-corrected chi connectivity index (χ2v) is 19.3. The normalized spacial score (nSPS) is 17.9. The third-order valence-electron chi connectivity index (χ3n) is 12.7. The molecule has 2 aliphatic carbocycles. The molecule has 3 atom stereocenters. The summed E-state index contributed by atoms with van der Waals surface area (Å²) in [4.78, 5) is 29.3. The molecule has 8 rings (SSSR count). The van der Waals surface area contributed by atoms with Gasteiger partial charge in [0.05, 0.1) is 41.1 Å². The van der Waals surface area contributed by atoms with Gasteiger partial charge in [0.2, 0.25) is 5.13 Å². The first-order chi connectivity index (χ1) is 31.8. The Kier molecular flexibility index (Phi) is 16.2. The Morgan fingerprint density at radius 2 is 1.55 bits per heavy atom. The molecule has 0 aliphatic heterocycles. The molecule has 2 saturated carbocycles. The van der Waals surface area contributed by atoms with Crippen LogP contribution in [0.5, 0.6) is 11.5 Å². The summed E-state index contributed by atoms with van der Waals surface area (Å²) >= 11 is 15.0. The average Bonchev–Trinajstić information content (AvgIpc) is 3.77. The number of unbranched alkanes of at least 4 members (excludes halogenated alkanes) is 1. The number of aromatic nitrogens is 1. The fourth-order valence-electron chi connectivity index (χ4n) is 9.08. The summed E-state index contributed by atoms with van der Waals surface area (Å²) in [5.41, 5.74) is 6.52. The highest BCUT2D eigenvalue weighted by atomic mass is 35.5. The van der Waals surface area contributed by atoms with E-state index >= 15 is 0 Å². The maximum Gasteiger partial charge on any atom is 0.330 e. The summed E-state index contributed by atoms with van der Waals surface area (Å²) in [6.45, 7) is 4.26. The highest BCUT2D eigenvalue weighted by Crippen LogP contribution is 2.39. The fourth-order valence-corrected chi connectivity index (χ4v) is 10.7. The van der Waals surface area contributed by atoms with E-state index in [0.29, 0.717) is 37.7 Å². The van der Waals surface area contributed by atoms with E-state index in [1.165, 1.54) is 35.6 Å². The largest absolute Gasteiger partial charge is 0.494 e. The van der Waals surface area contributed by atoms with E-state index in [1.54, 1.807) is 11.3 Å². The molecule has 0 N–H and O–H groups in total. The van der Waals surface area contributed by atoms with Crippen LogP contribution in [0.4, 0.5) is 5.13 Å². The molecule has 0 saturated heterocycles. The number of alkyl halides is 2. The van der Waals surface area contributed by atoms with Crippen LogP contribution in [0.1, 0.15) is 93.7 Å². The number of rotatable bonds is 19. The summed E-state index contributed by atoms with van der Waals surface area (Å²) in [6, 6.07) is 35.2. The lowest BCUT2D eigenvalue weighted by atomic mass is 9.82. The Balaban J connectivity index is 0.990. The number of benzene rings is 5. The van der Waals surface area contributed by atoms with Gasteiger partial charge >= 0.3 is 11.9 Å². The van der Waals surface area contributed by atoms with E-state index in [4.69, 9.17) is 47.5 Å². The van der Waals surface area contributed by atoms with Gasteiger partial charge in [0.1, 0.15) is 11.5 Å².